The Morgan fingerprint density at radius 3 is 2.23 bits per heavy atom. The lowest BCUT2D eigenvalue weighted by atomic mass is 10.1. The van der Waals surface area contributed by atoms with E-state index < -0.39 is 0 Å². The Balaban J connectivity index is 4.94. The molecule has 0 rings (SSSR count). The molecule has 0 heterocycles. The molecule has 0 amide bonds. The van der Waals surface area contributed by atoms with Crippen LogP contribution in [0.2, 0.25) is 0 Å². The second-order valence-corrected chi connectivity index (χ2v) is 3.03. The maximum atomic E-state index is 7.81. The first kappa shape index (κ1) is 11.7. The van der Waals surface area contributed by atoms with Crippen LogP contribution in [0.3, 0.4) is 0 Å². The van der Waals surface area contributed by atoms with Gasteiger partial charge in [-0.2, -0.15) is 0 Å². The predicted octanol–water partition coefficient (Wildman–Crippen LogP) is 2.60. The van der Waals surface area contributed by atoms with Crippen molar-refractivity contribution < 1.29 is 0 Å². The number of nitrogens with one attached hydrogen (secondary N) is 1. The van der Waals surface area contributed by atoms with Crippen LogP contribution in [0, 0.1) is 5.41 Å². The van der Waals surface area contributed by atoms with Gasteiger partial charge in [0.15, 0.2) is 0 Å². The maximum absolute atomic E-state index is 7.81. The van der Waals surface area contributed by atoms with Gasteiger partial charge in [-0.05, 0) is 19.4 Å². The van der Waals surface area contributed by atoms with E-state index in [1.165, 1.54) is 0 Å². The van der Waals surface area contributed by atoms with Gasteiger partial charge in [0.05, 0.1) is 0 Å². The highest BCUT2D eigenvalue weighted by molar-refractivity contribution is 5.99. The molecule has 0 unspecified atom stereocenters. The summed E-state index contributed by atoms with van der Waals surface area (Å²) in [6, 6.07) is 0. The van der Waals surface area contributed by atoms with E-state index in [9.17, 15) is 0 Å². The monoisotopic (exact) mass is 178 g/mol. The van der Waals surface area contributed by atoms with Gasteiger partial charge in [0.1, 0.15) is 5.84 Å². The van der Waals surface area contributed by atoms with Crippen molar-refractivity contribution in [3.63, 3.8) is 0 Å². The number of rotatable bonds is 3. The third-order valence-corrected chi connectivity index (χ3v) is 1.84. The summed E-state index contributed by atoms with van der Waals surface area (Å²) in [4.78, 5) is 1.78. The number of likely N-dealkylation sites (N-methyl/N-ethyl adjacent to an activating group) is 1. The highest BCUT2D eigenvalue weighted by Gasteiger charge is 2.07. The van der Waals surface area contributed by atoms with Crippen molar-refractivity contribution in [3.05, 3.63) is 36.0 Å². The van der Waals surface area contributed by atoms with Gasteiger partial charge in [-0.1, -0.05) is 24.8 Å². The van der Waals surface area contributed by atoms with E-state index in [0.29, 0.717) is 5.84 Å². The van der Waals surface area contributed by atoms with Crippen molar-refractivity contribution >= 4 is 5.84 Å². The molecule has 0 aromatic heterocycles. The molecule has 0 aromatic carbocycles. The van der Waals surface area contributed by atoms with Crippen LogP contribution in [0.1, 0.15) is 13.8 Å². The molecule has 0 radical (unpaired) electrons. The molecule has 0 aliphatic carbocycles. The van der Waals surface area contributed by atoms with Gasteiger partial charge in [0, 0.05) is 19.7 Å². The molecule has 0 aliphatic rings. The van der Waals surface area contributed by atoms with Crippen molar-refractivity contribution in [1.29, 1.82) is 5.41 Å². The summed E-state index contributed by atoms with van der Waals surface area (Å²) in [6.45, 7) is 7.60. The Bertz CT molecular complexity index is 257. The summed E-state index contributed by atoms with van der Waals surface area (Å²) in [5.74, 6) is 0.510. The fourth-order valence-corrected chi connectivity index (χ4v) is 0.911. The first-order chi connectivity index (χ1) is 6.04. The SMILES string of the molecule is C=C/C=C(C(=N)N(C)C)\C(C)=C/C. The fourth-order valence-electron chi connectivity index (χ4n) is 0.911. The molecule has 0 saturated heterocycles. The molecule has 0 atom stereocenters. The van der Waals surface area contributed by atoms with Gasteiger partial charge in [-0.15, -0.1) is 0 Å². The lowest BCUT2D eigenvalue weighted by Crippen LogP contribution is -2.23. The summed E-state index contributed by atoms with van der Waals surface area (Å²) < 4.78 is 0. The third kappa shape index (κ3) is 3.28. The van der Waals surface area contributed by atoms with Crippen LogP contribution >= 0.6 is 0 Å². The molecule has 0 spiro atoms. The average Bonchev–Trinajstić information content (AvgIpc) is 2.11. The van der Waals surface area contributed by atoms with E-state index >= 15 is 0 Å². The van der Waals surface area contributed by atoms with E-state index in [0.717, 1.165) is 11.1 Å². The highest BCUT2D eigenvalue weighted by atomic mass is 15.1. The molecule has 0 fully saturated rings. The van der Waals surface area contributed by atoms with Crippen LogP contribution in [0.4, 0.5) is 0 Å². The average molecular weight is 178 g/mol. The lowest BCUT2D eigenvalue weighted by molar-refractivity contribution is 0.618. The molecule has 0 aliphatic heterocycles. The van der Waals surface area contributed by atoms with Crippen LogP contribution in [0.15, 0.2) is 36.0 Å². The van der Waals surface area contributed by atoms with Crippen molar-refractivity contribution in [3.8, 4) is 0 Å². The molecular formula is C11H18N2. The lowest BCUT2D eigenvalue weighted by Gasteiger charge is -2.16. The van der Waals surface area contributed by atoms with Crippen molar-refractivity contribution in [2.45, 2.75) is 13.8 Å². The predicted molar refractivity (Wildman–Crippen MR) is 59.1 cm³/mol. The normalized spacial score (nSPS) is 12.6. The van der Waals surface area contributed by atoms with Crippen molar-refractivity contribution in [1.82, 2.24) is 4.90 Å². The Hall–Kier alpha value is -1.31. The van der Waals surface area contributed by atoms with E-state index in [4.69, 9.17) is 5.41 Å². The first-order valence-corrected chi connectivity index (χ1v) is 4.26. The van der Waals surface area contributed by atoms with Gasteiger partial charge in [0.25, 0.3) is 0 Å². The summed E-state index contributed by atoms with van der Waals surface area (Å²) in [5.41, 5.74) is 2.01. The van der Waals surface area contributed by atoms with Gasteiger partial charge in [-0.3, -0.25) is 5.41 Å². The molecule has 2 nitrogen and oxygen atoms in total. The smallest absolute Gasteiger partial charge is 0.127 e. The topological polar surface area (TPSA) is 27.1 Å². The summed E-state index contributed by atoms with van der Waals surface area (Å²) in [7, 11) is 3.73. The number of nitrogens with zero attached hydrogens (tertiary/aromatic N) is 1. The van der Waals surface area contributed by atoms with Gasteiger partial charge >= 0.3 is 0 Å². The molecule has 72 valence electrons. The van der Waals surface area contributed by atoms with Crippen molar-refractivity contribution in [2.75, 3.05) is 14.1 Å². The highest BCUT2D eigenvalue weighted by Crippen LogP contribution is 2.11. The zero-order valence-corrected chi connectivity index (χ0v) is 8.89. The summed E-state index contributed by atoms with van der Waals surface area (Å²) >= 11 is 0. The quantitative estimate of drug-likeness (QED) is 0.401. The minimum Gasteiger partial charge on any atom is -0.363 e. The van der Waals surface area contributed by atoms with Crippen LogP contribution in [0.5, 0.6) is 0 Å². The van der Waals surface area contributed by atoms with Gasteiger partial charge in [0.2, 0.25) is 0 Å². The van der Waals surface area contributed by atoms with E-state index in [-0.39, 0.29) is 0 Å². The van der Waals surface area contributed by atoms with Crippen LogP contribution in [-0.4, -0.2) is 24.8 Å². The van der Waals surface area contributed by atoms with Crippen LogP contribution in [0.25, 0.3) is 0 Å². The number of hydrogen-bond acceptors (Lipinski definition) is 1. The van der Waals surface area contributed by atoms with Crippen molar-refractivity contribution in [2.24, 2.45) is 0 Å². The Morgan fingerprint density at radius 1 is 1.38 bits per heavy atom. The standard InChI is InChI=1S/C11H18N2/c1-6-8-10(9(3)7-2)11(12)13(4)5/h6-8,12H,1H2,2-5H3/b9-7-,10-8+,12-11?. The number of allylic oxidation sites excluding steroid dienone is 3. The molecule has 2 heteroatoms. The largest absolute Gasteiger partial charge is 0.363 e. The molecule has 13 heavy (non-hydrogen) atoms. The number of amidine groups is 1. The second kappa shape index (κ2) is 5.36. The Kier molecular flexibility index (Phi) is 4.82. The molecular weight excluding hydrogens is 160 g/mol. The third-order valence-electron chi connectivity index (χ3n) is 1.84. The van der Waals surface area contributed by atoms with Gasteiger partial charge < -0.3 is 4.90 Å². The zero-order chi connectivity index (χ0) is 10.4. The van der Waals surface area contributed by atoms with E-state index in [1.54, 1.807) is 11.0 Å². The Morgan fingerprint density at radius 2 is 1.92 bits per heavy atom. The second-order valence-electron chi connectivity index (χ2n) is 3.03. The molecule has 1 N–H and O–H groups in total. The summed E-state index contributed by atoms with van der Waals surface area (Å²) in [5, 5.41) is 7.81. The van der Waals surface area contributed by atoms with Crippen LogP contribution < -0.4 is 0 Å². The molecule has 0 saturated carbocycles. The number of hydrogen-bond donors (Lipinski definition) is 1. The Labute approximate surface area is 80.8 Å². The van der Waals surface area contributed by atoms with Gasteiger partial charge in [-0.25, -0.2) is 0 Å². The van der Waals surface area contributed by atoms with Crippen LogP contribution in [-0.2, 0) is 0 Å². The van der Waals surface area contributed by atoms with E-state index in [2.05, 4.69) is 6.58 Å². The zero-order valence-electron chi connectivity index (χ0n) is 8.89. The minimum absolute atomic E-state index is 0.510. The maximum Gasteiger partial charge on any atom is 0.127 e. The van der Waals surface area contributed by atoms with E-state index in [1.807, 2.05) is 40.1 Å². The fraction of sp³-hybridized carbons (Fsp3) is 0.364. The first-order valence-electron chi connectivity index (χ1n) is 4.26. The molecule has 0 aromatic rings. The minimum atomic E-state index is 0.510. The molecule has 0 bridgehead atoms. The summed E-state index contributed by atoms with van der Waals surface area (Å²) in [6.07, 6.45) is 5.56.